The highest BCUT2D eigenvalue weighted by atomic mass is 35.5. The van der Waals surface area contributed by atoms with Crippen molar-refractivity contribution >= 4 is 42.1 Å². The maximum Gasteiger partial charge on any atom is 0.271 e. The van der Waals surface area contributed by atoms with Crippen molar-refractivity contribution in [2.75, 3.05) is 31.1 Å². The van der Waals surface area contributed by atoms with Crippen LogP contribution in [0.5, 0.6) is 0 Å². The molecule has 1 heterocycles. The first-order valence-electron chi connectivity index (χ1n) is 7.57. The number of carbonyl (C=O) groups is 1. The lowest BCUT2D eigenvalue weighted by Crippen LogP contribution is -2.62. The number of hydrogen-bond donors (Lipinski definition) is 1. The highest BCUT2D eigenvalue weighted by Crippen LogP contribution is 2.31. The van der Waals surface area contributed by atoms with Gasteiger partial charge >= 0.3 is 0 Å². The minimum absolute atomic E-state index is 0. The molecule has 0 bridgehead atoms. The van der Waals surface area contributed by atoms with E-state index < -0.39 is 10.5 Å². The van der Waals surface area contributed by atoms with Crippen LogP contribution in [0, 0.1) is 10.1 Å². The standard InChI is InChI=1S/C15H20N4O3.2ClH/c16-15(5-2-6-15)14(20)18-9-7-17(8-10-18)12-3-1-4-13(11-12)19(21)22;;/h1,3-4,11H,2,5-10,16H2;2*1H. The monoisotopic (exact) mass is 376 g/mol. The van der Waals surface area contributed by atoms with Gasteiger partial charge in [0.2, 0.25) is 5.91 Å². The van der Waals surface area contributed by atoms with Gasteiger partial charge in [-0.1, -0.05) is 6.07 Å². The summed E-state index contributed by atoms with van der Waals surface area (Å²) in [4.78, 5) is 26.7. The zero-order chi connectivity index (χ0) is 15.7. The summed E-state index contributed by atoms with van der Waals surface area (Å²) in [5, 5.41) is 10.8. The molecule has 7 nitrogen and oxygen atoms in total. The van der Waals surface area contributed by atoms with Gasteiger partial charge in [-0.25, -0.2) is 0 Å². The lowest BCUT2D eigenvalue weighted by molar-refractivity contribution is -0.384. The molecule has 24 heavy (non-hydrogen) atoms. The van der Waals surface area contributed by atoms with E-state index >= 15 is 0 Å². The Morgan fingerprint density at radius 1 is 1.17 bits per heavy atom. The highest BCUT2D eigenvalue weighted by Gasteiger charge is 2.43. The Labute approximate surface area is 153 Å². The fourth-order valence-corrected chi connectivity index (χ4v) is 3.06. The molecule has 1 amide bonds. The Hall–Kier alpha value is -1.57. The molecular formula is C15H22Cl2N4O3. The summed E-state index contributed by atoms with van der Waals surface area (Å²) in [5.41, 5.74) is 6.37. The summed E-state index contributed by atoms with van der Waals surface area (Å²) in [7, 11) is 0. The maximum atomic E-state index is 12.4. The predicted octanol–water partition coefficient (Wildman–Crippen LogP) is 1.97. The molecule has 0 radical (unpaired) electrons. The molecule has 2 aliphatic rings. The van der Waals surface area contributed by atoms with Crippen LogP contribution >= 0.6 is 24.8 Å². The molecule has 0 spiro atoms. The predicted molar refractivity (Wildman–Crippen MR) is 97.2 cm³/mol. The van der Waals surface area contributed by atoms with Crippen LogP contribution in [0.1, 0.15) is 19.3 Å². The van der Waals surface area contributed by atoms with Crippen molar-refractivity contribution < 1.29 is 9.72 Å². The second kappa shape index (κ2) is 8.00. The van der Waals surface area contributed by atoms with Crippen LogP contribution in [0.3, 0.4) is 0 Å². The number of piperazine rings is 1. The van der Waals surface area contributed by atoms with Crippen LogP contribution < -0.4 is 10.6 Å². The van der Waals surface area contributed by atoms with E-state index in [9.17, 15) is 14.9 Å². The lowest BCUT2D eigenvalue weighted by atomic mass is 9.76. The number of carbonyl (C=O) groups excluding carboxylic acids is 1. The Balaban J connectivity index is 0.00000144. The van der Waals surface area contributed by atoms with Crippen LogP contribution in [0.4, 0.5) is 11.4 Å². The number of nitro groups is 1. The minimum atomic E-state index is -0.645. The Morgan fingerprint density at radius 3 is 2.29 bits per heavy atom. The lowest BCUT2D eigenvalue weighted by Gasteiger charge is -2.43. The first-order valence-corrected chi connectivity index (χ1v) is 7.57. The Kier molecular flexibility index (Phi) is 6.83. The average molecular weight is 377 g/mol. The van der Waals surface area contributed by atoms with Crippen molar-refractivity contribution in [2.24, 2.45) is 5.73 Å². The van der Waals surface area contributed by atoms with Gasteiger partial charge in [-0.3, -0.25) is 14.9 Å². The summed E-state index contributed by atoms with van der Waals surface area (Å²) in [6, 6.07) is 6.61. The summed E-state index contributed by atoms with van der Waals surface area (Å²) >= 11 is 0. The Bertz CT molecular complexity index is 602. The fourth-order valence-electron chi connectivity index (χ4n) is 3.06. The van der Waals surface area contributed by atoms with E-state index in [0.29, 0.717) is 26.2 Å². The van der Waals surface area contributed by atoms with Crippen molar-refractivity contribution in [1.82, 2.24) is 4.90 Å². The van der Waals surface area contributed by atoms with E-state index in [1.807, 2.05) is 11.0 Å². The zero-order valence-corrected chi connectivity index (χ0v) is 14.9. The third-order valence-electron chi connectivity index (χ3n) is 4.64. The van der Waals surface area contributed by atoms with E-state index in [-0.39, 0.29) is 36.4 Å². The molecular weight excluding hydrogens is 355 g/mol. The van der Waals surface area contributed by atoms with Gasteiger partial charge in [-0.05, 0) is 25.3 Å². The van der Waals surface area contributed by atoms with Crippen molar-refractivity contribution in [3.8, 4) is 0 Å². The van der Waals surface area contributed by atoms with Gasteiger partial charge in [0.15, 0.2) is 0 Å². The van der Waals surface area contributed by atoms with Gasteiger partial charge in [0, 0.05) is 44.0 Å². The zero-order valence-electron chi connectivity index (χ0n) is 13.2. The van der Waals surface area contributed by atoms with Crippen LogP contribution in [0.15, 0.2) is 24.3 Å². The summed E-state index contributed by atoms with van der Waals surface area (Å²) < 4.78 is 0. The molecule has 3 rings (SSSR count). The largest absolute Gasteiger partial charge is 0.368 e. The van der Waals surface area contributed by atoms with Gasteiger partial charge in [-0.15, -0.1) is 24.8 Å². The highest BCUT2D eigenvalue weighted by molar-refractivity contribution is 5.87. The number of hydrogen-bond acceptors (Lipinski definition) is 5. The second-order valence-corrected chi connectivity index (χ2v) is 6.07. The van der Waals surface area contributed by atoms with Crippen LogP contribution in [-0.4, -0.2) is 47.4 Å². The first-order chi connectivity index (χ1) is 10.5. The molecule has 134 valence electrons. The molecule has 1 aromatic carbocycles. The number of benzene rings is 1. The third-order valence-corrected chi connectivity index (χ3v) is 4.64. The normalized spacial score (nSPS) is 18.7. The minimum Gasteiger partial charge on any atom is -0.368 e. The number of nitro benzene ring substituents is 1. The number of nitrogens with two attached hydrogens (primary N) is 1. The number of halogens is 2. The smallest absolute Gasteiger partial charge is 0.271 e. The number of nitrogens with zero attached hydrogens (tertiary/aromatic N) is 3. The summed E-state index contributed by atoms with van der Waals surface area (Å²) in [6.07, 6.45) is 2.57. The van der Waals surface area contributed by atoms with Crippen LogP contribution in [-0.2, 0) is 4.79 Å². The fraction of sp³-hybridized carbons (Fsp3) is 0.533. The molecule has 0 atom stereocenters. The average Bonchev–Trinajstić information content (AvgIpc) is 2.52. The van der Waals surface area contributed by atoms with E-state index in [0.717, 1.165) is 24.9 Å². The van der Waals surface area contributed by atoms with Crippen molar-refractivity contribution in [1.29, 1.82) is 0 Å². The number of amides is 1. The van der Waals surface area contributed by atoms with Gasteiger partial charge in [-0.2, -0.15) is 0 Å². The van der Waals surface area contributed by atoms with Crippen molar-refractivity contribution in [2.45, 2.75) is 24.8 Å². The molecule has 1 saturated heterocycles. The quantitative estimate of drug-likeness (QED) is 0.642. The van der Waals surface area contributed by atoms with E-state index in [1.165, 1.54) is 6.07 Å². The summed E-state index contributed by atoms with van der Waals surface area (Å²) in [6.45, 7) is 2.56. The molecule has 2 N–H and O–H groups in total. The van der Waals surface area contributed by atoms with Gasteiger partial charge in [0.05, 0.1) is 10.5 Å². The maximum absolute atomic E-state index is 12.4. The molecule has 1 aliphatic carbocycles. The second-order valence-electron chi connectivity index (χ2n) is 6.07. The van der Waals surface area contributed by atoms with Crippen LogP contribution in [0.2, 0.25) is 0 Å². The molecule has 2 fully saturated rings. The summed E-state index contributed by atoms with van der Waals surface area (Å²) in [5.74, 6) is 0.0532. The van der Waals surface area contributed by atoms with Crippen molar-refractivity contribution in [3.05, 3.63) is 34.4 Å². The number of non-ortho nitro benzene ring substituents is 1. The van der Waals surface area contributed by atoms with E-state index in [4.69, 9.17) is 5.73 Å². The number of rotatable bonds is 3. The third kappa shape index (κ3) is 3.91. The van der Waals surface area contributed by atoms with Gasteiger partial charge < -0.3 is 15.5 Å². The SMILES string of the molecule is Cl.Cl.NC1(C(=O)N2CCN(c3cccc([N+](=O)[O-])c3)CC2)CCC1. The molecule has 0 aromatic heterocycles. The molecule has 1 saturated carbocycles. The number of anilines is 1. The van der Waals surface area contributed by atoms with Crippen LogP contribution in [0.25, 0.3) is 0 Å². The Morgan fingerprint density at radius 2 is 1.79 bits per heavy atom. The van der Waals surface area contributed by atoms with E-state index in [1.54, 1.807) is 12.1 Å². The topological polar surface area (TPSA) is 92.7 Å². The van der Waals surface area contributed by atoms with E-state index in [2.05, 4.69) is 4.90 Å². The molecule has 1 aliphatic heterocycles. The van der Waals surface area contributed by atoms with Gasteiger partial charge in [0.25, 0.3) is 5.69 Å². The first kappa shape index (κ1) is 20.5. The van der Waals surface area contributed by atoms with Gasteiger partial charge in [0.1, 0.15) is 0 Å². The molecule has 0 unspecified atom stereocenters. The molecule has 9 heteroatoms. The molecule has 1 aromatic rings. The van der Waals surface area contributed by atoms with Crippen molar-refractivity contribution in [3.63, 3.8) is 0 Å².